The molecule has 0 aromatic carbocycles. The van der Waals surface area contributed by atoms with Gasteiger partial charge in [0.25, 0.3) is 0 Å². The molecule has 0 atom stereocenters. The number of nitrogens with zero attached hydrogens (tertiary/aromatic N) is 1. The zero-order valence-electron chi connectivity index (χ0n) is 3.79. The van der Waals surface area contributed by atoms with Crippen molar-refractivity contribution in [2.75, 3.05) is 0 Å². The van der Waals surface area contributed by atoms with Crippen molar-refractivity contribution in [1.29, 1.82) is 0 Å². The Morgan fingerprint density at radius 3 is 2.29 bits per heavy atom. The van der Waals surface area contributed by atoms with Crippen LogP contribution < -0.4 is 0 Å². The zero-order chi connectivity index (χ0) is 3.54. The third kappa shape index (κ3) is 4.15. The molecule has 1 rings (SSSR count). The summed E-state index contributed by atoms with van der Waals surface area (Å²) in [5.41, 5.74) is 0. The van der Waals surface area contributed by atoms with Gasteiger partial charge in [-0.15, -0.1) is 12.4 Å². The summed E-state index contributed by atoms with van der Waals surface area (Å²) in [7, 11) is 0. The summed E-state index contributed by atoms with van der Waals surface area (Å²) in [6.07, 6.45) is 5.08. The number of rotatable bonds is 0. The second kappa shape index (κ2) is 6.30. The summed E-state index contributed by atoms with van der Waals surface area (Å²) in [6.45, 7) is 0. The summed E-state index contributed by atoms with van der Waals surface area (Å²) in [4.78, 5) is 6.42. The van der Waals surface area contributed by atoms with Gasteiger partial charge in [-0.05, 0) is 0 Å². The van der Waals surface area contributed by atoms with Gasteiger partial charge in [-0.2, -0.15) is 0 Å². The summed E-state index contributed by atoms with van der Waals surface area (Å²) >= 11 is 0. The smallest absolute Gasteiger partial charge is 0.0919 e. The molecule has 1 aromatic heterocycles. The van der Waals surface area contributed by atoms with Crippen LogP contribution in [0, 0.1) is 0 Å². The van der Waals surface area contributed by atoms with Gasteiger partial charge in [0.15, 0.2) is 0 Å². The van der Waals surface area contributed by atoms with E-state index >= 15 is 0 Å². The van der Waals surface area contributed by atoms with E-state index in [-0.39, 0.29) is 36.3 Å². The van der Waals surface area contributed by atoms with Crippen LogP contribution in [0.1, 0.15) is 0 Å². The Hall–Kier alpha value is 0.299. The third-order valence-electron chi connectivity index (χ3n) is 0.406. The van der Waals surface area contributed by atoms with Crippen LogP contribution in [0.2, 0.25) is 0 Å². The van der Waals surface area contributed by atoms with Gasteiger partial charge in [-0.3, -0.25) is 0 Å². The van der Waals surface area contributed by atoms with Crippen LogP contribution in [0.3, 0.4) is 0 Å². The minimum absolute atomic E-state index is 0. The summed E-state index contributed by atoms with van der Waals surface area (Å²) < 4.78 is 0. The fraction of sp³-hybridized carbons (Fsp3) is 0. The van der Waals surface area contributed by atoms with E-state index in [9.17, 15) is 0 Å². The van der Waals surface area contributed by atoms with E-state index in [1.165, 1.54) is 0 Å². The van der Waals surface area contributed by atoms with Crippen LogP contribution in [-0.2, 0) is 0 Å². The molecule has 2 nitrogen and oxygen atoms in total. The van der Waals surface area contributed by atoms with Gasteiger partial charge in [0.2, 0.25) is 0 Å². The molecule has 1 N–H and O–H groups in total. The fourth-order valence-electron chi connectivity index (χ4n) is 0.215. The van der Waals surface area contributed by atoms with Crippen molar-refractivity contribution >= 4 is 36.3 Å². The Bertz CT molecular complexity index is 69.4. The van der Waals surface area contributed by atoms with Crippen molar-refractivity contribution in [2.24, 2.45) is 0 Å². The first-order chi connectivity index (χ1) is 2.50. The summed E-state index contributed by atoms with van der Waals surface area (Å²) in [5.74, 6) is 0. The maximum Gasteiger partial charge on any atom is 0.0919 e. The van der Waals surface area contributed by atoms with Gasteiger partial charge in [0, 0.05) is 12.4 Å². The first-order valence-electron chi connectivity index (χ1n) is 1.43. The third-order valence-corrected chi connectivity index (χ3v) is 0.406. The van der Waals surface area contributed by atoms with Crippen LogP contribution in [0.5, 0.6) is 0 Å². The van der Waals surface area contributed by atoms with E-state index in [1.807, 2.05) is 0 Å². The Morgan fingerprint density at radius 1 is 1.43 bits per heavy atom. The number of H-pyrrole nitrogens is 1. The number of aromatic nitrogens is 2. The molecule has 0 spiro atoms. The molecule has 2 radical (unpaired) electrons. The van der Waals surface area contributed by atoms with Gasteiger partial charge < -0.3 is 4.98 Å². The minimum atomic E-state index is 0. The van der Waals surface area contributed by atoms with Crippen LogP contribution in [0.15, 0.2) is 18.7 Å². The van der Waals surface area contributed by atoms with E-state index < -0.39 is 0 Å². The van der Waals surface area contributed by atoms with Crippen LogP contribution in [-0.4, -0.2) is 33.9 Å². The van der Waals surface area contributed by atoms with Crippen molar-refractivity contribution in [3.63, 3.8) is 0 Å². The van der Waals surface area contributed by atoms with Crippen molar-refractivity contribution in [1.82, 2.24) is 9.97 Å². The average Bonchev–Trinajstić information content (AvgIpc) is 1.76. The van der Waals surface area contributed by atoms with Crippen molar-refractivity contribution in [2.45, 2.75) is 0 Å². The Morgan fingerprint density at radius 2 is 2.14 bits per heavy atom. The summed E-state index contributed by atoms with van der Waals surface area (Å²) in [5, 5.41) is 0. The molecule has 7 heavy (non-hydrogen) atoms. The van der Waals surface area contributed by atoms with E-state index in [2.05, 4.69) is 9.97 Å². The molecule has 40 valence electrons. The number of imidazole rings is 1. The normalized spacial score (nSPS) is 5.71. The molecule has 0 amide bonds. The first kappa shape index (κ1) is 10.3. The number of hydrogen-bond donors (Lipinski definition) is 1. The summed E-state index contributed by atoms with van der Waals surface area (Å²) in [6, 6.07) is 0. The van der Waals surface area contributed by atoms with Gasteiger partial charge in [-0.1, -0.05) is 0 Å². The molecule has 0 unspecified atom stereocenters. The number of hydrogen-bond acceptors (Lipinski definition) is 1. The largest absolute Gasteiger partial charge is 0.351 e. The van der Waals surface area contributed by atoms with Crippen LogP contribution in [0.4, 0.5) is 0 Å². The van der Waals surface area contributed by atoms with Crippen molar-refractivity contribution < 1.29 is 0 Å². The van der Waals surface area contributed by atoms with Gasteiger partial charge in [-0.25, -0.2) is 4.98 Å². The van der Waals surface area contributed by atoms with Gasteiger partial charge in [0.1, 0.15) is 0 Å². The average molecular weight is 225 g/mol. The minimum Gasteiger partial charge on any atom is -0.351 e. The molecule has 0 aliphatic heterocycles. The number of nitrogens with one attached hydrogen (secondary N) is 1. The molecular formula is C3H7ClN2Sn. The second-order valence-corrected chi connectivity index (χ2v) is 0.761. The van der Waals surface area contributed by atoms with E-state index in [1.54, 1.807) is 18.7 Å². The molecule has 4 heteroatoms. The molecule has 0 bridgehead atoms. The monoisotopic (exact) mass is 226 g/mol. The molecule has 0 aliphatic carbocycles. The van der Waals surface area contributed by atoms with Crippen LogP contribution >= 0.6 is 12.4 Å². The van der Waals surface area contributed by atoms with E-state index in [0.717, 1.165) is 0 Å². The SMILES string of the molecule is Cl.[SnH2].c1c[nH]cn1. The van der Waals surface area contributed by atoms with E-state index in [0.29, 0.717) is 0 Å². The predicted octanol–water partition coefficient (Wildman–Crippen LogP) is -0.0847. The molecule has 0 saturated heterocycles. The molecular weight excluding hydrogens is 218 g/mol. The quantitative estimate of drug-likeness (QED) is 0.614. The molecule has 1 aromatic rings. The number of aromatic amines is 1. The number of halogens is 1. The van der Waals surface area contributed by atoms with Gasteiger partial charge in [0.05, 0.1) is 6.33 Å². The topological polar surface area (TPSA) is 28.7 Å². The zero-order valence-corrected chi connectivity index (χ0v) is 8.65. The van der Waals surface area contributed by atoms with Crippen molar-refractivity contribution in [3.05, 3.63) is 18.7 Å². The maximum atomic E-state index is 3.67. The molecule has 0 saturated carbocycles. The fourth-order valence-corrected chi connectivity index (χ4v) is 0.215. The molecule has 0 fully saturated rings. The first-order valence-corrected chi connectivity index (χ1v) is 1.43. The Balaban J connectivity index is 0. The predicted molar refractivity (Wildman–Crippen MR) is 34.4 cm³/mol. The molecule has 1 heterocycles. The standard InChI is InChI=1S/C3H4N2.ClH.Sn.2H/c1-2-5-3-4-1;;;;/h1-3H,(H,4,5);1H;;;. The molecule has 0 aliphatic rings. The van der Waals surface area contributed by atoms with Gasteiger partial charge >= 0.3 is 23.9 Å². The maximum absolute atomic E-state index is 3.67. The van der Waals surface area contributed by atoms with Crippen LogP contribution in [0.25, 0.3) is 0 Å². The Labute approximate surface area is 65.1 Å². The van der Waals surface area contributed by atoms with E-state index in [4.69, 9.17) is 0 Å². The van der Waals surface area contributed by atoms with Crippen molar-refractivity contribution in [3.8, 4) is 0 Å². The second-order valence-electron chi connectivity index (χ2n) is 0.761. The Kier molecular flexibility index (Phi) is 9.28.